The Bertz CT molecular complexity index is 1130. The molecule has 0 spiro atoms. The molecule has 0 saturated carbocycles. The number of Topliss-reactive ketones (excluding diaryl/α,β-unsaturated/α-hetero) is 1. The SMILES string of the molecule is COc1ccc(C2=C(c3ccc(OC)cc3)c3c(OC)cc(OC)cc3C2=O)cc1. The summed E-state index contributed by atoms with van der Waals surface area (Å²) in [6.45, 7) is 0. The molecule has 0 aromatic heterocycles. The average molecular weight is 402 g/mol. The highest BCUT2D eigenvalue weighted by molar-refractivity contribution is 6.42. The first-order valence-electron chi connectivity index (χ1n) is 9.45. The Kier molecular flexibility index (Phi) is 5.19. The van der Waals surface area contributed by atoms with Crippen LogP contribution in [0.4, 0.5) is 0 Å². The highest BCUT2D eigenvalue weighted by Gasteiger charge is 2.34. The van der Waals surface area contributed by atoms with E-state index in [1.54, 1.807) is 40.6 Å². The molecule has 152 valence electrons. The summed E-state index contributed by atoms with van der Waals surface area (Å²) in [5, 5.41) is 0. The normalized spacial score (nSPS) is 12.6. The van der Waals surface area contributed by atoms with Crippen molar-refractivity contribution in [2.24, 2.45) is 0 Å². The molecule has 0 heterocycles. The molecule has 0 unspecified atom stereocenters. The van der Waals surface area contributed by atoms with E-state index in [1.165, 1.54) is 0 Å². The first-order valence-corrected chi connectivity index (χ1v) is 9.45. The van der Waals surface area contributed by atoms with Crippen molar-refractivity contribution in [3.05, 3.63) is 82.9 Å². The number of rotatable bonds is 6. The molecule has 3 aromatic carbocycles. The summed E-state index contributed by atoms with van der Waals surface area (Å²) in [5.74, 6) is 2.57. The smallest absolute Gasteiger partial charge is 0.195 e. The van der Waals surface area contributed by atoms with Gasteiger partial charge >= 0.3 is 0 Å². The first kappa shape index (κ1) is 19.6. The van der Waals surface area contributed by atoms with Crippen LogP contribution >= 0.6 is 0 Å². The number of ether oxygens (including phenoxy) is 4. The van der Waals surface area contributed by atoms with Crippen LogP contribution in [0.15, 0.2) is 60.7 Å². The summed E-state index contributed by atoms with van der Waals surface area (Å²) in [7, 11) is 6.41. The minimum Gasteiger partial charge on any atom is -0.497 e. The fraction of sp³-hybridized carbons (Fsp3) is 0.160. The molecule has 3 aromatic rings. The fourth-order valence-corrected chi connectivity index (χ4v) is 3.76. The monoisotopic (exact) mass is 402 g/mol. The maximum absolute atomic E-state index is 13.6. The lowest BCUT2D eigenvalue weighted by molar-refractivity contribution is 0.105. The number of ketones is 1. The zero-order valence-corrected chi connectivity index (χ0v) is 17.3. The second kappa shape index (κ2) is 7.95. The summed E-state index contributed by atoms with van der Waals surface area (Å²) in [6.07, 6.45) is 0. The van der Waals surface area contributed by atoms with Crippen LogP contribution in [0.25, 0.3) is 11.1 Å². The average Bonchev–Trinajstić information content (AvgIpc) is 3.10. The van der Waals surface area contributed by atoms with E-state index in [1.807, 2.05) is 48.5 Å². The van der Waals surface area contributed by atoms with Crippen LogP contribution in [0.3, 0.4) is 0 Å². The molecule has 5 heteroatoms. The van der Waals surface area contributed by atoms with Gasteiger partial charge in [-0.2, -0.15) is 0 Å². The van der Waals surface area contributed by atoms with Gasteiger partial charge in [-0.1, -0.05) is 24.3 Å². The van der Waals surface area contributed by atoms with E-state index in [-0.39, 0.29) is 5.78 Å². The number of methoxy groups -OCH3 is 4. The maximum atomic E-state index is 13.6. The Balaban J connectivity index is 2.00. The molecule has 0 amide bonds. The van der Waals surface area contributed by atoms with Crippen molar-refractivity contribution >= 4 is 16.9 Å². The van der Waals surface area contributed by atoms with E-state index in [9.17, 15) is 4.79 Å². The van der Waals surface area contributed by atoms with Crippen LogP contribution in [0.1, 0.15) is 27.0 Å². The van der Waals surface area contributed by atoms with Crippen molar-refractivity contribution in [2.75, 3.05) is 28.4 Å². The van der Waals surface area contributed by atoms with Gasteiger partial charge in [-0.15, -0.1) is 0 Å². The quantitative estimate of drug-likeness (QED) is 0.588. The molecule has 0 N–H and O–H groups in total. The maximum Gasteiger partial charge on any atom is 0.195 e. The van der Waals surface area contributed by atoms with E-state index in [2.05, 4.69) is 0 Å². The zero-order valence-electron chi connectivity index (χ0n) is 17.3. The second-order valence-corrected chi connectivity index (χ2v) is 6.79. The van der Waals surface area contributed by atoms with Gasteiger partial charge in [-0.05, 0) is 41.5 Å². The van der Waals surface area contributed by atoms with Crippen LogP contribution in [-0.2, 0) is 0 Å². The largest absolute Gasteiger partial charge is 0.497 e. The number of benzene rings is 3. The van der Waals surface area contributed by atoms with E-state index in [0.29, 0.717) is 22.6 Å². The molecule has 0 fully saturated rings. The van der Waals surface area contributed by atoms with Crippen LogP contribution < -0.4 is 18.9 Å². The Morgan fingerprint density at radius 1 is 0.567 bits per heavy atom. The van der Waals surface area contributed by atoms with E-state index >= 15 is 0 Å². The molecule has 0 radical (unpaired) electrons. The van der Waals surface area contributed by atoms with Crippen molar-refractivity contribution in [3.63, 3.8) is 0 Å². The number of carbonyl (C=O) groups excluding carboxylic acids is 1. The van der Waals surface area contributed by atoms with E-state index < -0.39 is 0 Å². The lowest BCUT2D eigenvalue weighted by Crippen LogP contribution is -2.00. The van der Waals surface area contributed by atoms with E-state index in [4.69, 9.17) is 18.9 Å². The van der Waals surface area contributed by atoms with Crippen LogP contribution in [-0.4, -0.2) is 34.2 Å². The van der Waals surface area contributed by atoms with E-state index in [0.717, 1.165) is 33.8 Å². The third kappa shape index (κ3) is 3.18. The Hall–Kier alpha value is -3.73. The summed E-state index contributed by atoms with van der Waals surface area (Å²) in [6, 6.07) is 18.7. The molecular formula is C25H22O5. The molecule has 4 rings (SSSR count). The topological polar surface area (TPSA) is 54.0 Å². The lowest BCUT2D eigenvalue weighted by Gasteiger charge is -2.14. The van der Waals surface area contributed by atoms with Gasteiger partial charge in [0, 0.05) is 28.3 Å². The summed E-state index contributed by atoms with van der Waals surface area (Å²) >= 11 is 0. The molecular weight excluding hydrogens is 380 g/mol. The number of fused-ring (bicyclic) bond motifs is 1. The molecule has 0 saturated heterocycles. The molecule has 0 bridgehead atoms. The van der Waals surface area contributed by atoms with Crippen LogP contribution in [0.5, 0.6) is 23.0 Å². The number of hydrogen-bond donors (Lipinski definition) is 0. The minimum absolute atomic E-state index is 0.0711. The molecule has 1 aliphatic rings. The van der Waals surface area contributed by atoms with Gasteiger partial charge in [-0.3, -0.25) is 4.79 Å². The third-order valence-corrected chi connectivity index (χ3v) is 5.26. The van der Waals surface area contributed by atoms with Crippen molar-refractivity contribution in [2.45, 2.75) is 0 Å². The van der Waals surface area contributed by atoms with Gasteiger partial charge in [-0.25, -0.2) is 0 Å². The second-order valence-electron chi connectivity index (χ2n) is 6.79. The molecule has 30 heavy (non-hydrogen) atoms. The fourth-order valence-electron chi connectivity index (χ4n) is 3.76. The number of hydrogen-bond acceptors (Lipinski definition) is 5. The highest BCUT2D eigenvalue weighted by Crippen LogP contribution is 2.48. The van der Waals surface area contributed by atoms with Gasteiger partial charge in [0.1, 0.15) is 23.0 Å². The lowest BCUT2D eigenvalue weighted by atomic mass is 9.93. The van der Waals surface area contributed by atoms with Crippen molar-refractivity contribution in [3.8, 4) is 23.0 Å². The van der Waals surface area contributed by atoms with Gasteiger partial charge < -0.3 is 18.9 Å². The van der Waals surface area contributed by atoms with Gasteiger partial charge in [0.05, 0.1) is 28.4 Å². The molecule has 0 atom stereocenters. The Morgan fingerprint density at radius 3 is 1.53 bits per heavy atom. The first-order chi connectivity index (χ1) is 14.6. The summed E-state index contributed by atoms with van der Waals surface area (Å²) < 4.78 is 21.6. The number of allylic oxidation sites excluding steroid dienone is 1. The highest BCUT2D eigenvalue weighted by atomic mass is 16.5. The summed E-state index contributed by atoms with van der Waals surface area (Å²) in [4.78, 5) is 13.6. The van der Waals surface area contributed by atoms with Crippen molar-refractivity contribution < 1.29 is 23.7 Å². The standard InChI is InChI=1S/C25H22O5/c1-27-17-9-5-15(6-10-17)22-23(16-7-11-18(28-2)12-8-16)25(26)20-13-19(29-3)14-21(30-4)24(20)22/h5-14H,1-4H3. The van der Waals surface area contributed by atoms with Crippen molar-refractivity contribution in [1.29, 1.82) is 0 Å². The minimum atomic E-state index is -0.0711. The molecule has 5 nitrogen and oxygen atoms in total. The Morgan fingerprint density at radius 2 is 1.07 bits per heavy atom. The van der Waals surface area contributed by atoms with Crippen LogP contribution in [0, 0.1) is 0 Å². The summed E-state index contributed by atoms with van der Waals surface area (Å²) in [5.41, 5.74) is 4.47. The molecule has 0 aliphatic heterocycles. The van der Waals surface area contributed by atoms with Crippen LogP contribution in [0.2, 0.25) is 0 Å². The van der Waals surface area contributed by atoms with Gasteiger partial charge in [0.2, 0.25) is 0 Å². The Labute approximate surface area is 175 Å². The third-order valence-electron chi connectivity index (χ3n) is 5.26. The zero-order chi connectivity index (χ0) is 21.3. The van der Waals surface area contributed by atoms with Crippen molar-refractivity contribution in [1.82, 2.24) is 0 Å². The number of carbonyl (C=O) groups is 1. The predicted molar refractivity (Wildman–Crippen MR) is 116 cm³/mol. The van der Waals surface area contributed by atoms with Gasteiger partial charge in [0.25, 0.3) is 0 Å². The van der Waals surface area contributed by atoms with Gasteiger partial charge in [0.15, 0.2) is 5.78 Å². The molecule has 1 aliphatic carbocycles. The predicted octanol–water partition coefficient (Wildman–Crippen LogP) is 4.88.